The molecule has 0 amide bonds. The average molecular weight is 494 g/mol. The van der Waals surface area contributed by atoms with Crippen LogP contribution in [0.3, 0.4) is 0 Å². The van der Waals surface area contributed by atoms with Crippen LogP contribution in [0.25, 0.3) is 33.4 Å². The molecule has 0 radical (unpaired) electrons. The number of hydrogen-bond acceptors (Lipinski definition) is 4. The fourth-order valence-electron chi connectivity index (χ4n) is 4.74. The van der Waals surface area contributed by atoms with E-state index in [2.05, 4.69) is 0 Å². The number of carbonyl (C=O) groups is 4. The summed E-state index contributed by atoms with van der Waals surface area (Å²) < 4.78 is 0. The number of rotatable bonds is 6. The van der Waals surface area contributed by atoms with E-state index in [0.29, 0.717) is 17.5 Å². The molecule has 0 spiro atoms. The first kappa shape index (κ1) is 23.5. The van der Waals surface area contributed by atoms with Gasteiger partial charge in [0.1, 0.15) is 0 Å². The Morgan fingerprint density at radius 1 is 0.432 bits per heavy atom. The monoisotopic (exact) mass is 494 g/mol. The molecule has 4 N–H and O–H groups in total. The first-order valence-corrected chi connectivity index (χ1v) is 11.1. The van der Waals surface area contributed by atoms with E-state index in [1.165, 1.54) is 24.3 Å². The van der Waals surface area contributed by atoms with Gasteiger partial charge in [0.15, 0.2) is 0 Å². The Kier molecular flexibility index (Phi) is 5.56. The van der Waals surface area contributed by atoms with Crippen LogP contribution in [0.4, 0.5) is 0 Å². The Balaban J connectivity index is 1.50. The lowest BCUT2D eigenvalue weighted by atomic mass is 9.95. The maximum atomic E-state index is 11.6. The smallest absolute Gasteiger partial charge is 0.336 e. The third-order valence-electron chi connectivity index (χ3n) is 6.51. The molecule has 8 nitrogen and oxygen atoms in total. The zero-order chi connectivity index (χ0) is 26.4. The predicted octanol–water partition coefficient (Wildman–Crippen LogP) is 5.38. The lowest BCUT2D eigenvalue weighted by Gasteiger charge is -2.09. The summed E-state index contributed by atoms with van der Waals surface area (Å²) in [6.45, 7) is 0. The lowest BCUT2D eigenvalue weighted by Crippen LogP contribution is -2.08. The Labute approximate surface area is 209 Å². The van der Waals surface area contributed by atoms with Crippen LogP contribution in [0.15, 0.2) is 72.8 Å². The topological polar surface area (TPSA) is 149 Å². The molecule has 0 aliphatic heterocycles. The molecule has 0 atom stereocenters. The van der Waals surface area contributed by atoms with E-state index in [1.54, 1.807) is 12.1 Å². The molecule has 4 aromatic carbocycles. The van der Waals surface area contributed by atoms with Crippen molar-refractivity contribution in [1.29, 1.82) is 0 Å². The van der Waals surface area contributed by atoms with E-state index < -0.39 is 23.9 Å². The van der Waals surface area contributed by atoms with Gasteiger partial charge in [0.25, 0.3) is 0 Å². The summed E-state index contributed by atoms with van der Waals surface area (Å²) in [5.41, 5.74) is 5.59. The Morgan fingerprint density at radius 2 is 0.757 bits per heavy atom. The van der Waals surface area contributed by atoms with Crippen LogP contribution in [-0.4, -0.2) is 44.3 Å². The normalized spacial score (nSPS) is 11.5. The molecule has 0 heterocycles. The summed E-state index contributed by atoms with van der Waals surface area (Å²) >= 11 is 0. The maximum Gasteiger partial charge on any atom is 0.336 e. The summed E-state index contributed by atoms with van der Waals surface area (Å²) in [6, 6.07) is 19.9. The number of carboxylic acids is 4. The summed E-state index contributed by atoms with van der Waals surface area (Å²) in [5, 5.41) is 37.4. The number of benzene rings is 4. The van der Waals surface area contributed by atoms with Gasteiger partial charge in [-0.3, -0.25) is 0 Å². The third kappa shape index (κ3) is 4.10. The van der Waals surface area contributed by atoms with Crippen LogP contribution in [0, 0.1) is 0 Å². The molecule has 5 rings (SSSR count). The van der Waals surface area contributed by atoms with Crippen LogP contribution in [0.1, 0.15) is 52.6 Å². The standard InChI is InChI=1S/C29H18O8/c30-26(31)22-7-3-16(12-24(22)28(34)35)14-1-5-20-18(9-14)11-19-10-15(2-6-21(19)20)17-4-8-23(27(32)33)25(13-17)29(36)37/h1-10,12-13H,11H2,(H,30,31)(H,32,33)(H,34,35)(H,36,37). The lowest BCUT2D eigenvalue weighted by molar-refractivity contribution is 0.0651. The molecule has 4 aromatic rings. The number of carboxylic acid groups (broad SMARTS) is 4. The maximum absolute atomic E-state index is 11.6. The van der Waals surface area contributed by atoms with Crippen molar-refractivity contribution in [2.24, 2.45) is 0 Å². The van der Waals surface area contributed by atoms with Gasteiger partial charge < -0.3 is 20.4 Å². The van der Waals surface area contributed by atoms with E-state index in [4.69, 9.17) is 0 Å². The fraction of sp³-hybridized carbons (Fsp3) is 0.0345. The van der Waals surface area contributed by atoms with Crippen LogP contribution in [0.5, 0.6) is 0 Å². The van der Waals surface area contributed by atoms with Crippen molar-refractivity contribution in [1.82, 2.24) is 0 Å². The van der Waals surface area contributed by atoms with Gasteiger partial charge in [-0.1, -0.05) is 48.5 Å². The molecule has 0 unspecified atom stereocenters. The Hall–Kier alpha value is -5.24. The number of aromatic carboxylic acids is 4. The van der Waals surface area contributed by atoms with Gasteiger partial charge in [0, 0.05) is 0 Å². The molecule has 0 aromatic heterocycles. The summed E-state index contributed by atoms with van der Waals surface area (Å²) in [7, 11) is 0. The summed E-state index contributed by atoms with van der Waals surface area (Å²) in [5.74, 6) is -5.25. The minimum absolute atomic E-state index is 0.278. The first-order chi connectivity index (χ1) is 17.6. The van der Waals surface area contributed by atoms with E-state index >= 15 is 0 Å². The van der Waals surface area contributed by atoms with Gasteiger partial charge in [0.05, 0.1) is 22.3 Å². The van der Waals surface area contributed by atoms with Gasteiger partial charge >= 0.3 is 23.9 Å². The molecule has 37 heavy (non-hydrogen) atoms. The SMILES string of the molecule is O=C(O)c1ccc(-c2ccc3c(c2)Cc2cc(-c4ccc(C(=O)O)c(C(=O)O)c4)ccc2-3)cc1C(=O)O. The van der Waals surface area contributed by atoms with E-state index in [-0.39, 0.29) is 22.3 Å². The van der Waals surface area contributed by atoms with Gasteiger partial charge in [-0.15, -0.1) is 0 Å². The van der Waals surface area contributed by atoms with Crippen molar-refractivity contribution in [3.8, 4) is 33.4 Å². The van der Waals surface area contributed by atoms with E-state index in [9.17, 15) is 39.6 Å². The molecule has 1 aliphatic carbocycles. The van der Waals surface area contributed by atoms with Crippen LogP contribution in [-0.2, 0) is 6.42 Å². The Morgan fingerprint density at radius 3 is 1.11 bits per heavy atom. The zero-order valence-corrected chi connectivity index (χ0v) is 19.1. The summed E-state index contributed by atoms with van der Waals surface area (Å²) in [6.07, 6.45) is 0.588. The van der Waals surface area contributed by atoms with Crippen molar-refractivity contribution < 1.29 is 39.6 Å². The van der Waals surface area contributed by atoms with Crippen molar-refractivity contribution >= 4 is 23.9 Å². The van der Waals surface area contributed by atoms with Gasteiger partial charge in [0.2, 0.25) is 0 Å². The molecule has 8 heteroatoms. The minimum atomic E-state index is -1.32. The molecule has 0 fully saturated rings. The van der Waals surface area contributed by atoms with Gasteiger partial charge in [-0.2, -0.15) is 0 Å². The van der Waals surface area contributed by atoms with E-state index in [0.717, 1.165) is 33.4 Å². The second kappa shape index (κ2) is 8.76. The third-order valence-corrected chi connectivity index (χ3v) is 6.51. The first-order valence-electron chi connectivity index (χ1n) is 11.1. The molecule has 0 bridgehead atoms. The predicted molar refractivity (Wildman–Crippen MR) is 133 cm³/mol. The quantitative estimate of drug-likeness (QED) is 0.246. The molecule has 0 saturated carbocycles. The minimum Gasteiger partial charge on any atom is -0.478 e. The molecule has 0 saturated heterocycles. The molecular weight excluding hydrogens is 476 g/mol. The van der Waals surface area contributed by atoms with Crippen LogP contribution in [0.2, 0.25) is 0 Å². The van der Waals surface area contributed by atoms with Gasteiger partial charge in [-0.05, 0) is 75.2 Å². The highest BCUT2D eigenvalue weighted by Crippen LogP contribution is 2.40. The number of hydrogen-bond donors (Lipinski definition) is 4. The highest BCUT2D eigenvalue weighted by molar-refractivity contribution is 6.03. The second-order valence-electron chi connectivity index (χ2n) is 8.66. The highest BCUT2D eigenvalue weighted by atomic mass is 16.4. The second-order valence-corrected chi connectivity index (χ2v) is 8.66. The summed E-state index contributed by atoms with van der Waals surface area (Å²) in [4.78, 5) is 45.9. The van der Waals surface area contributed by atoms with Crippen LogP contribution >= 0.6 is 0 Å². The van der Waals surface area contributed by atoms with E-state index in [1.807, 2.05) is 36.4 Å². The van der Waals surface area contributed by atoms with Crippen molar-refractivity contribution in [2.45, 2.75) is 6.42 Å². The van der Waals surface area contributed by atoms with Crippen molar-refractivity contribution in [2.75, 3.05) is 0 Å². The average Bonchev–Trinajstić information content (AvgIpc) is 3.24. The van der Waals surface area contributed by atoms with Crippen molar-refractivity contribution in [3.05, 3.63) is 106 Å². The van der Waals surface area contributed by atoms with Crippen molar-refractivity contribution in [3.63, 3.8) is 0 Å². The van der Waals surface area contributed by atoms with Crippen LogP contribution < -0.4 is 0 Å². The fourth-order valence-corrected chi connectivity index (χ4v) is 4.74. The zero-order valence-electron chi connectivity index (χ0n) is 19.1. The number of fused-ring (bicyclic) bond motifs is 3. The molecule has 182 valence electrons. The highest BCUT2D eigenvalue weighted by Gasteiger charge is 2.22. The largest absolute Gasteiger partial charge is 0.478 e. The molecule has 1 aliphatic rings. The Bertz CT molecular complexity index is 1540. The van der Waals surface area contributed by atoms with Gasteiger partial charge in [-0.25, -0.2) is 19.2 Å². The molecular formula is C29H18O8.